The highest BCUT2D eigenvalue weighted by atomic mass is 32.1. The van der Waals surface area contributed by atoms with Gasteiger partial charge in [0.15, 0.2) is 0 Å². The van der Waals surface area contributed by atoms with Gasteiger partial charge in [-0.1, -0.05) is 19.1 Å². The summed E-state index contributed by atoms with van der Waals surface area (Å²) >= 11 is 1.58. The molecule has 0 aliphatic heterocycles. The van der Waals surface area contributed by atoms with E-state index in [9.17, 15) is 4.79 Å². The Labute approximate surface area is 116 Å². The number of anilines is 1. The summed E-state index contributed by atoms with van der Waals surface area (Å²) in [6.45, 7) is 2.56. The molecule has 2 rings (SSSR count). The molecule has 1 atom stereocenters. The molecule has 0 saturated carbocycles. The van der Waals surface area contributed by atoms with Crippen molar-refractivity contribution in [2.45, 2.75) is 6.92 Å². The summed E-state index contributed by atoms with van der Waals surface area (Å²) in [4.78, 5) is 16.2. The number of amides is 1. The molecule has 1 aromatic carbocycles. The van der Waals surface area contributed by atoms with Crippen molar-refractivity contribution in [1.29, 1.82) is 0 Å². The van der Waals surface area contributed by atoms with Crippen LogP contribution in [0.1, 0.15) is 6.92 Å². The number of nitrogens with zero attached hydrogens (tertiary/aromatic N) is 1. The molecule has 0 aliphatic rings. The summed E-state index contributed by atoms with van der Waals surface area (Å²) in [5.74, 6) is -0.0424. The highest BCUT2D eigenvalue weighted by Crippen LogP contribution is 2.24. The van der Waals surface area contributed by atoms with Crippen molar-refractivity contribution in [3.63, 3.8) is 0 Å². The first-order valence-electron chi connectivity index (χ1n) is 6.16. The maximum absolute atomic E-state index is 11.9. The van der Waals surface area contributed by atoms with Crippen molar-refractivity contribution in [2.24, 2.45) is 5.92 Å². The summed E-state index contributed by atoms with van der Waals surface area (Å²) in [5.41, 5.74) is 1.83. The molecule has 0 fully saturated rings. The van der Waals surface area contributed by atoms with Crippen molar-refractivity contribution < 1.29 is 4.79 Å². The van der Waals surface area contributed by atoms with E-state index in [0.29, 0.717) is 6.54 Å². The fourth-order valence-electron chi connectivity index (χ4n) is 1.76. The highest BCUT2D eigenvalue weighted by molar-refractivity contribution is 7.13. The highest BCUT2D eigenvalue weighted by Gasteiger charge is 2.12. The number of rotatable bonds is 5. The molecule has 1 heterocycles. The smallest absolute Gasteiger partial charge is 0.228 e. The minimum absolute atomic E-state index is 0.0191. The second-order valence-electron chi connectivity index (χ2n) is 4.37. The minimum atomic E-state index is -0.0616. The molecule has 19 heavy (non-hydrogen) atoms. The first-order valence-corrected chi connectivity index (χ1v) is 7.04. The van der Waals surface area contributed by atoms with Gasteiger partial charge in [-0.15, -0.1) is 11.3 Å². The third-order valence-corrected chi connectivity index (χ3v) is 3.59. The molecule has 2 aromatic rings. The van der Waals surface area contributed by atoms with Gasteiger partial charge in [-0.3, -0.25) is 4.79 Å². The lowest BCUT2D eigenvalue weighted by atomic mass is 10.1. The van der Waals surface area contributed by atoms with E-state index in [-0.39, 0.29) is 11.8 Å². The molecular weight excluding hydrogens is 258 g/mol. The summed E-state index contributed by atoms with van der Waals surface area (Å²) < 4.78 is 0. The molecule has 2 N–H and O–H groups in total. The van der Waals surface area contributed by atoms with E-state index in [0.717, 1.165) is 16.3 Å². The molecule has 1 aromatic heterocycles. The molecular formula is C14H17N3OS. The van der Waals surface area contributed by atoms with E-state index in [1.54, 1.807) is 17.5 Å². The van der Waals surface area contributed by atoms with E-state index in [4.69, 9.17) is 0 Å². The lowest BCUT2D eigenvalue weighted by molar-refractivity contribution is -0.119. The van der Waals surface area contributed by atoms with Crippen LogP contribution >= 0.6 is 11.3 Å². The van der Waals surface area contributed by atoms with Gasteiger partial charge in [0.05, 0.1) is 0 Å². The van der Waals surface area contributed by atoms with Gasteiger partial charge in [-0.2, -0.15) is 0 Å². The number of hydrogen-bond acceptors (Lipinski definition) is 4. The molecule has 100 valence electrons. The zero-order valence-corrected chi connectivity index (χ0v) is 11.8. The molecule has 0 radical (unpaired) electrons. The molecule has 1 unspecified atom stereocenters. The number of thiazole rings is 1. The molecule has 0 aliphatic carbocycles. The van der Waals surface area contributed by atoms with Crippen LogP contribution in [0.5, 0.6) is 0 Å². The van der Waals surface area contributed by atoms with Crippen LogP contribution in [-0.2, 0) is 4.79 Å². The van der Waals surface area contributed by atoms with Crippen LogP contribution in [0.4, 0.5) is 5.69 Å². The van der Waals surface area contributed by atoms with Gasteiger partial charge in [0.1, 0.15) is 5.01 Å². The Balaban J connectivity index is 2.09. The number of benzene rings is 1. The molecule has 0 bridgehead atoms. The van der Waals surface area contributed by atoms with Crippen molar-refractivity contribution in [2.75, 3.05) is 18.9 Å². The third-order valence-electron chi connectivity index (χ3n) is 2.77. The number of carbonyl (C=O) groups is 1. The lowest BCUT2D eigenvalue weighted by Gasteiger charge is -2.12. The fourth-order valence-corrected chi connectivity index (χ4v) is 2.40. The van der Waals surface area contributed by atoms with Crippen LogP contribution in [0.15, 0.2) is 35.8 Å². The Morgan fingerprint density at radius 1 is 1.47 bits per heavy atom. The van der Waals surface area contributed by atoms with E-state index in [1.165, 1.54) is 0 Å². The normalized spacial score (nSPS) is 12.1. The summed E-state index contributed by atoms with van der Waals surface area (Å²) in [7, 11) is 1.84. The van der Waals surface area contributed by atoms with Crippen molar-refractivity contribution in [1.82, 2.24) is 10.3 Å². The van der Waals surface area contributed by atoms with Gasteiger partial charge in [-0.25, -0.2) is 4.98 Å². The molecule has 4 nitrogen and oxygen atoms in total. The van der Waals surface area contributed by atoms with Crippen molar-refractivity contribution in [3.05, 3.63) is 35.8 Å². The van der Waals surface area contributed by atoms with Crippen LogP contribution in [0.3, 0.4) is 0 Å². The van der Waals surface area contributed by atoms with Gasteiger partial charge in [-0.05, 0) is 19.2 Å². The maximum atomic E-state index is 11.9. The predicted octanol–water partition coefficient (Wildman–Crippen LogP) is 2.60. The molecule has 0 saturated heterocycles. The first kappa shape index (κ1) is 13.7. The minimum Gasteiger partial charge on any atom is -0.326 e. The van der Waals surface area contributed by atoms with Crippen LogP contribution < -0.4 is 10.6 Å². The molecule has 1 amide bonds. The predicted molar refractivity (Wildman–Crippen MR) is 79.3 cm³/mol. The van der Waals surface area contributed by atoms with Gasteiger partial charge >= 0.3 is 0 Å². The first-order chi connectivity index (χ1) is 9.20. The summed E-state index contributed by atoms with van der Waals surface area (Å²) in [5, 5.41) is 8.82. The van der Waals surface area contributed by atoms with E-state index in [1.807, 2.05) is 43.6 Å². The SMILES string of the molecule is CNCC(C)C(=O)Nc1cccc(-c2nccs2)c1. The van der Waals surface area contributed by atoms with E-state index >= 15 is 0 Å². The van der Waals surface area contributed by atoms with Crippen LogP contribution in [-0.4, -0.2) is 24.5 Å². The zero-order chi connectivity index (χ0) is 13.7. The Kier molecular flexibility index (Phi) is 4.65. The number of carbonyl (C=O) groups excluding carboxylic acids is 1. The number of aromatic nitrogens is 1. The van der Waals surface area contributed by atoms with Crippen molar-refractivity contribution in [3.8, 4) is 10.6 Å². The molecule has 5 heteroatoms. The zero-order valence-electron chi connectivity index (χ0n) is 11.0. The van der Waals surface area contributed by atoms with Gasteiger partial charge in [0.25, 0.3) is 0 Å². The largest absolute Gasteiger partial charge is 0.326 e. The van der Waals surface area contributed by atoms with E-state index < -0.39 is 0 Å². The van der Waals surface area contributed by atoms with E-state index in [2.05, 4.69) is 15.6 Å². The Hall–Kier alpha value is -1.72. The monoisotopic (exact) mass is 275 g/mol. The summed E-state index contributed by atoms with van der Waals surface area (Å²) in [6.07, 6.45) is 1.78. The van der Waals surface area contributed by atoms with Crippen LogP contribution in [0.2, 0.25) is 0 Å². The maximum Gasteiger partial charge on any atom is 0.228 e. The Bertz CT molecular complexity index is 539. The van der Waals surface area contributed by atoms with Crippen LogP contribution in [0, 0.1) is 5.92 Å². The Morgan fingerprint density at radius 2 is 2.32 bits per heavy atom. The second kappa shape index (κ2) is 6.45. The topological polar surface area (TPSA) is 54.0 Å². The van der Waals surface area contributed by atoms with Gasteiger partial charge in [0.2, 0.25) is 5.91 Å². The average molecular weight is 275 g/mol. The third kappa shape index (κ3) is 3.62. The molecule has 0 spiro atoms. The number of hydrogen-bond donors (Lipinski definition) is 2. The second-order valence-corrected chi connectivity index (χ2v) is 5.26. The standard InChI is InChI=1S/C14H17N3OS/c1-10(9-15-2)13(18)17-12-5-3-4-11(8-12)14-16-6-7-19-14/h3-8,10,15H,9H2,1-2H3,(H,17,18). The van der Waals surface area contributed by atoms with Gasteiger partial charge in [0, 0.05) is 35.3 Å². The summed E-state index contributed by atoms with van der Waals surface area (Å²) in [6, 6.07) is 7.75. The lowest BCUT2D eigenvalue weighted by Crippen LogP contribution is -2.28. The quantitative estimate of drug-likeness (QED) is 0.882. The average Bonchev–Trinajstić information content (AvgIpc) is 2.93. The van der Waals surface area contributed by atoms with Crippen LogP contribution in [0.25, 0.3) is 10.6 Å². The fraction of sp³-hybridized carbons (Fsp3) is 0.286. The van der Waals surface area contributed by atoms with Crippen molar-refractivity contribution >= 4 is 22.9 Å². The van der Waals surface area contributed by atoms with Gasteiger partial charge < -0.3 is 10.6 Å². The number of nitrogens with one attached hydrogen (secondary N) is 2. The Morgan fingerprint density at radius 3 is 3.00 bits per heavy atom.